The summed E-state index contributed by atoms with van der Waals surface area (Å²) in [5.41, 5.74) is 0.155. The summed E-state index contributed by atoms with van der Waals surface area (Å²) in [6, 6.07) is 1.39. The van der Waals surface area contributed by atoms with Gasteiger partial charge in [-0.25, -0.2) is 9.78 Å². The number of rotatable bonds is 1. The van der Waals surface area contributed by atoms with Gasteiger partial charge in [0.05, 0.1) is 17.8 Å². The molecule has 0 radical (unpaired) electrons. The lowest BCUT2D eigenvalue weighted by Crippen LogP contribution is -2.03. The van der Waals surface area contributed by atoms with Gasteiger partial charge in [-0.3, -0.25) is 0 Å². The van der Waals surface area contributed by atoms with Crippen LogP contribution in [0.3, 0.4) is 0 Å². The highest BCUT2D eigenvalue weighted by molar-refractivity contribution is 9.10. The average Bonchev–Trinajstić information content (AvgIpc) is 2.08. The minimum absolute atomic E-state index is 0.0114. The fraction of sp³-hybridized carbons (Fsp3) is 0.143. The number of aromatic hydroxyl groups is 1. The summed E-state index contributed by atoms with van der Waals surface area (Å²) >= 11 is 3.05. The second-order valence-corrected chi connectivity index (χ2v) is 2.87. The molecule has 0 bridgehead atoms. The maximum atomic E-state index is 10.9. The number of esters is 1. The van der Waals surface area contributed by atoms with Gasteiger partial charge in [0, 0.05) is 0 Å². The van der Waals surface area contributed by atoms with Crippen molar-refractivity contribution in [1.82, 2.24) is 4.98 Å². The minimum atomic E-state index is -0.532. The molecule has 64 valence electrons. The summed E-state index contributed by atoms with van der Waals surface area (Å²) in [6.45, 7) is 0. The molecule has 1 aromatic rings. The first-order chi connectivity index (χ1) is 5.65. The van der Waals surface area contributed by atoms with Crippen LogP contribution in [0.5, 0.6) is 5.75 Å². The molecule has 0 aromatic carbocycles. The molecule has 0 spiro atoms. The van der Waals surface area contributed by atoms with E-state index in [0.717, 1.165) is 0 Å². The quantitative estimate of drug-likeness (QED) is 0.742. The second-order valence-electron chi connectivity index (χ2n) is 2.01. The van der Waals surface area contributed by atoms with Gasteiger partial charge in [0.15, 0.2) is 0 Å². The van der Waals surface area contributed by atoms with E-state index >= 15 is 0 Å². The van der Waals surface area contributed by atoms with Crippen LogP contribution in [0.4, 0.5) is 0 Å². The number of ether oxygens (including phenoxy) is 1. The summed E-state index contributed by atoms with van der Waals surface area (Å²) in [5.74, 6) is -0.543. The molecule has 0 aliphatic heterocycles. The molecule has 1 rings (SSSR count). The van der Waals surface area contributed by atoms with Crippen molar-refractivity contribution in [3.05, 3.63) is 22.4 Å². The normalized spacial score (nSPS) is 9.50. The Kier molecular flexibility index (Phi) is 2.65. The maximum absolute atomic E-state index is 10.9. The fourth-order valence-corrected chi connectivity index (χ4v) is 0.959. The fourth-order valence-electron chi connectivity index (χ4n) is 0.640. The van der Waals surface area contributed by atoms with Crippen molar-refractivity contribution in [3.63, 3.8) is 0 Å². The second kappa shape index (κ2) is 3.53. The van der Waals surface area contributed by atoms with E-state index in [9.17, 15) is 4.79 Å². The Balaban J connectivity index is 3.05. The number of methoxy groups -OCH3 is 1. The molecule has 0 amide bonds. The number of carbonyl (C=O) groups is 1. The molecule has 5 heteroatoms. The highest BCUT2D eigenvalue weighted by Crippen LogP contribution is 2.22. The van der Waals surface area contributed by atoms with E-state index in [1.165, 1.54) is 19.4 Å². The monoisotopic (exact) mass is 231 g/mol. The lowest BCUT2D eigenvalue weighted by atomic mass is 10.3. The van der Waals surface area contributed by atoms with Gasteiger partial charge in [-0.15, -0.1) is 0 Å². The highest BCUT2D eigenvalue weighted by Gasteiger charge is 2.08. The van der Waals surface area contributed by atoms with E-state index in [2.05, 4.69) is 25.7 Å². The zero-order valence-corrected chi connectivity index (χ0v) is 7.83. The van der Waals surface area contributed by atoms with Crippen LogP contribution in [0.1, 0.15) is 10.5 Å². The van der Waals surface area contributed by atoms with Crippen molar-refractivity contribution < 1.29 is 14.6 Å². The van der Waals surface area contributed by atoms with E-state index in [1.807, 2.05) is 0 Å². The molecule has 1 heterocycles. The van der Waals surface area contributed by atoms with Crippen molar-refractivity contribution >= 4 is 21.9 Å². The zero-order chi connectivity index (χ0) is 9.14. The van der Waals surface area contributed by atoms with Crippen LogP contribution in [0.15, 0.2) is 16.7 Å². The van der Waals surface area contributed by atoms with Gasteiger partial charge in [0.1, 0.15) is 11.4 Å². The minimum Gasteiger partial charge on any atom is -0.505 e. The van der Waals surface area contributed by atoms with Crippen molar-refractivity contribution in [3.8, 4) is 5.75 Å². The van der Waals surface area contributed by atoms with Gasteiger partial charge in [-0.1, -0.05) is 0 Å². The Morgan fingerprint density at radius 3 is 2.92 bits per heavy atom. The van der Waals surface area contributed by atoms with E-state index in [0.29, 0.717) is 4.47 Å². The van der Waals surface area contributed by atoms with Crippen LogP contribution in [0, 0.1) is 0 Å². The van der Waals surface area contributed by atoms with Gasteiger partial charge in [-0.2, -0.15) is 0 Å². The number of hydrogen-bond donors (Lipinski definition) is 1. The van der Waals surface area contributed by atoms with Crippen LogP contribution < -0.4 is 0 Å². The van der Waals surface area contributed by atoms with Crippen LogP contribution in [-0.2, 0) is 4.74 Å². The average molecular weight is 232 g/mol. The third kappa shape index (κ3) is 1.73. The topological polar surface area (TPSA) is 59.4 Å². The predicted octanol–water partition coefficient (Wildman–Crippen LogP) is 1.34. The smallest absolute Gasteiger partial charge is 0.356 e. The molecule has 0 aliphatic rings. The Hall–Kier alpha value is -1.10. The van der Waals surface area contributed by atoms with Crippen molar-refractivity contribution in [1.29, 1.82) is 0 Å². The number of hydrogen-bond acceptors (Lipinski definition) is 4. The first-order valence-electron chi connectivity index (χ1n) is 3.08. The van der Waals surface area contributed by atoms with Crippen LogP contribution >= 0.6 is 15.9 Å². The molecular weight excluding hydrogens is 226 g/mol. The predicted molar refractivity (Wildman–Crippen MR) is 44.9 cm³/mol. The van der Waals surface area contributed by atoms with Crippen molar-refractivity contribution in [2.45, 2.75) is 0 Å². The van der Waals surface area contributed by atoms with E-state index < -0.39 is 5.97 Å². The molecule has 12 heavy (non-hydrogen) atoms. The molecule has 0 fully saturated rings. The molecule has 1 aromatic heterocycles. The van der Waals surface area contributed by atoms with Crippen LogP contribution in [0.25, 0.3) is 0 Å². The molecule has 0 saturated heterocycles. The van der Waals surface area contributed by atoms with Gasteiger partial charge in [-0.05, 0) is 22.0 Å². The number of carbonyl (C=O) groups excluding carboxylic acids is 1. The highest BCUT2D eigenvalue weighted by atomic mass is 79.9. The number of pyridine rings is 1. The lowest BCUT2D eigenvalue weighted by molar-refractivity contribution is 0.0594. The largest absolute Gasteiger partial charge is 0.505 e. The molecule has 0 saturated carbocycles. The molecule has 4 nitrogen and oxygen atoms in total. The Labute approximate surface area is 77.3 Å². The van der Waals surface area contributed by atoms with E-state index in [-0.39, 0.29) is 11.4 Å². The summed E-state index contributed by atoms with van der Waals surface area (Å²) in [5, 5.41) is 9.04. The molecule has 0 atom stereocenters. The van der Waals surface area contributed by atoms with E-state index in [1.54, 1.807) is 0 Å². The Morgan fingerprint density at radius 1 is 1.75 bits per heavy atom. The Morgan fingerprint density at radius 2 is 2.42 bits per heavy atom. The van der Waals surface area contributed by atoms with Crippen molar-refractivity contribution in [2.24, 2.45) is 0 Å². The summed E-state index contributed by atoms with van der Waals surface area (Å²) < 4.78 is 4.84. The zero-order valence-electron chi connectivity index (χ0n) is 6.24. The summed E-state index contributed by atoms with van der Waals surface area (Å²) in [7, 11) is 1.27. The third-order valence-corrected chi connectivity index (χ3v) is 1.86. The number of nitrogens with zero attached hydrogens (tertiary/aromatic N) is 1. The first kappa shape index (κ1) is 8.99. The van der Waals surface area contributed by atoms with Crippen LogP contribution in [-0.4, -0.2) is 23.2 Å². The van der Waals surface area contributed by atoms with Gasteiger partial charge in [0.2, 0.25) is 0 Å². The maximum Gasteiger partial charge on any atom is 0.356 e. The van der Waals surface area contributed by atoms with Gasteiger partial charge < -0.3 is 9.84 Å². The van der Waals surface area contributed by atoms with Crippen LogP contribution in [0.2, 0.25) is 0 Å². The summed E-state index contributed by atoms with van der Waals surface area (Å²) in [6.07, 6.45) is 1.18. The number of halogens is 1. The van der Waals surface area contributed by atoms with Gasteiger partial charge in [0.25, 0.3) is 0 Å². The molecule has 0 unspecified atom stereocenters. The van der Waals surface area contributed by atoms with E-state index in [4.69, 9.17) is 5.11 Å². The van der Waals surface area contributed by atoms with Crippen molar-refractivity contribution in [2.75, 3.05) is 7.11 Å². The van der Waals surface area contributed by atoms with Gasteiger partial charge >= 0.3 is 5.97 Å². The first-order valence-corrected chi connectivity index (χ1v) is 3.87. The summed E-state index contributed by atoms with van der Waals surface area (Å²) in [4.78, 5) is 14.5. The molecular formula is C7H6BrNO3. The Bertz CT molecular complexity index is 314. The molecule has 0 aliphatic carbocycles. The standard InChI is InChI=1S/C7H6BrNO3/c1-12-7(11)5-2-4(8)6(10)3-9-5/h2-3,10H,1H3. The third-order valence-electron chi connectivity index (χ3n) is 1.23. The molecule has 1 N–H and O–H groups in total. The lowest BCUT2D eigenvalue weighted by Gasteiger charge is -1.99. The number of aromatic nitrogens is 1. The SMILES string of the molecule is COC(=O)c1cc(Br)c(O)cn1.